The first kappa shape index (κ1) is 16.2. The minimum absolute atomic E-state index is 0.134. The van der Waals surface area contributed by atoms with Crippen molar-refractivity contribution in [3.63, 3.8) is 0 Å². The summed E-state index contributed by atoms with van der Waals surface area (Å²) in [6.45, 7) is 7.69. The van der Waals surface area contributed by atoms with E-state index in [2.05, 4.69) is 29.0 Å². The zero-order chi connectivity index (χ0) is 15.9. The molecule has 22 heavy (non-hydrogen) atoms. The van der Waals surface area contributed by atoms with Gasteiger partial charge in [0.25, 0.3) is 5.91 Å². The second-order valence-corrected chi connectivity index (χ2v) is 5.04. The standard InChI is InChI=1S/C17H23N3O2/c1-4-20(5-2)11-10-18-17(21)16-8-6-13-12-14(22-3)7-9-15(13)19-16/h6-9,12H,4-5,10-11H2,1-3H3,(H,18,21). The Balaban J connectivity index is 2.02. The normalized spacial score (nSPS) is 10.9. The quantitative estimate of drug-likeness (QED) is 0.852. The van der Waals surface area contributed by atoms with Crippen molar-refractivity contribution in [3.05, 3.63) is 36.0 Å². The summed E-state index contributed by atoms with van der Waals surface area (Å²) in [5.41, 5.74) is 1.23. The lowest BCUT2D eigenvalue weighted by Gasteiger charge is -2.17. The van der Waals surface area contributed by atoms with Gasteiger partial charge in [0.15, 0.2) is 0 Å². The molecule has 0 saturated heterocycles. The fourth-order valence-corrected chi connectivity index (χ4v) is 2.32. The van der Waals surface area contributed by atoms with Crippen LogP contribution < -0.4 is 10.1 Å². The van der Waals surface area contributed by atoms with Crippen LogP contribution in [0.15, 0.2) is 30.3 Å². The Labute approximate surface area is 131 Å². The van der Waals surface area contributed by atoms with Crippen LogP contribution in [0.5, 0.6) is 5.75 Å². The van der Waals surface area contributed by atoms with Gasteiger partial charge in [0.1, 0.15) is 11.4 Å². The first-order chi connectivity index (χ1) is 10.7. The number of amides is 1. The minimum Gasteiger partial charge on any atom is -0.497 e. The van der Waals surface area contributed by atoms with Crippen LogP contribution in [0.4, 0.5) is 0 Å². The molecule has 1 aromatic heterocycles. The number of likely N-dealkylation sites (N-methyl/N-ethyl adjacent to an activating group) is 1. The third kappa shape index (κ3) is 3.95. The average molecular weight is 301 g/mol. The third-order valence-corrected chi connectivity index (χ3v) is 3.74. The highest BCUT2D eigenvalue weighted by Gasteiger charge is 2.08. The van der Waals surface area contributed by atoms with Crippen molar-refractivity contribution in [1.82, 2.24) is 15.2 Å². The number of methoxy groups -OCH3 is 1. The van der Waals surface area contributed by atoms with Gasteiger partial charge in [0.05, 0.1) is 12.6 Å². The van der Waals surface area contributed by atoms with Crippen LogP contribution in [0.3, 0.4) is 0 Å². The van der Waals surface area contributed by atoms with Gasteiger partial charge in [-0.2, -0.15) is 0 Å². The SMILES string of the molecule is CCN(CC)CCNC(=O)c1ccc2cc(OC)ccc2n1. The highest BCUT2D eigenvalue weighted by atomic mass is 16.5. The Morgan fingerprint density at radius 2 is 2.00 bits per heavy atom. The molecule has 118 valence electrons. The topological polar surface area (TPSA) is 54.5 Å². The molecule has 1 heterocycles. The van der Waals surface area contributed by atoms with Crippen molar-refractivity contribution in [2.75, 3.05) is 33.3 Å². The van der Waals surface area contributed by atoms with Crippen LogP contribution in [-0.4, -0.2) is 49.1 Å². The van der Waals surface area contributed by atoms with Gasteiger partial charge in [-0.15, -0.1) is 0 Å². The number of fused-ring (bicyclic) bond motifs is 1. The highest BCUT2D eigenvalue weighted by molar-refractivity contribution is 5.95. The monoisotopic (exact) mass is 301 g/mol. The van der Waals surface area contributed by atoms with E-state index in [0.29, 0.717) is 12.2 Å². The second-order valence-electron chi connectivity index (χ2n) is 5.04. The van der Waals surface area contributed by atoms with Crippen molar-refractivity contribution < 1.29 is 9.53 Å². The number of carbonyl (C=O) groups excluding carboxylic acids is 1. The highest BCUT2D eigenvalue weighted by Crippen LogP contribution is 2.19. The predicted molar refractivity (Wildman–Crippen MR) is 88.4 cm³/mol. The van der Waals surface area contributed by atoms with Crippen LogP contribution in [0.2, 0.25) is 0 Å². The van der Waals surface area contributed by atoms with Crippen molar-refractivity contribution in [2.24, 2.45) is 0 Å². The van der Waals surface area contributed by atoms with Crippen LogP contribution >= 0.6 is 0 Å². The second kappa shape index (κ2) is 7.75. The smallest absolute Gasteiger partial charge is 0.269 e. The molecule has 1 amide bonds. The lowest BCUT2D eigenvalue weighted by atomic mass is 10.2. The molecule has 0 aliphatic heterocycles. The summed E-state index contributed by atoms with van der Waals surface area (Å²) in [5, 5.41) is 3.87. The van der Waals surface area contributed by atoms with Crippen LogP contribution in [-0.2, 0) is 0 Å². The molecular weight excluding hydrogens is 278 g/mol. The molecule has 1 aromatic carbocycles. The van der Waals surface area contributed by atoms with Gasteiger partial charge in [-0.1, -0.05) is 19.9 Å². The van der Waals surface area contributed by atoms with Gasteiger partial charge in [0.2, 0.25) is 0 Å². The van der Waals surface area contributed by atoms with Gasteiger partial charge >= 0.3 is 0 Å². The number of nitrogens with one attached hydrogen (secondary N) is 1. The van der Waals surface area contributed by atoms with E-state index in [1.165, 1.54) is 0 Å². The van der Waals surface area contributed by atoms with Crippen molar-refractivity contribution in [3.8, 4) is 5.75 Å². The van der Waals surface area contributed by atoms with Crippen molar-refractivity contribution in [2.45, 2.75) is 13.8 Å². The number of aromatic nitrogens is 1. The number of pyridine rings is 1. The molecule has 0 aliphatic carbocycles. The summed E-state index contributed by atoms with van der Waals surface area (Å²) in [4.78, 5) is 18.8. The summed E-state index contributed by atoms with van der Waals surface area (Å²) in [5.74, 6) is 0.649. The number of hydrogen-bond acceptors (Lipinski definition) is 4. The summed E-state index contributed by atoms with van der Waals surface area (Å²) in [6.07, 6.45) is 0. The van der Waals surface area contributed by atoms with E-state index in [-0.39, 0.29) is 5.91 Å². The summed E-state index contributed by atoms with van der Waals surface area (Å²) in [7, 11) is 1.63. The molecule has 0 radical (unpaired) electrons. The van der Waals surface area contributed by atoms with E-state index in [0.717, 1.165) is 36.3 Å². The molecule has 1 N–H and O–H groups in total. The number of benzene rings is 1. The van der Waals surface area contributed by atoms with E-state index < -0.39 is 0 Å². The zero-order valence-corrected chi connectivity index (χ0v) is 13.4. The number of carbonyl (C=O) groups is 1. The van der Waals surface area contributed by atoms with Gasteiger partial charge < -0.3 is 15.0 Å². The minimum atomic E-state index is -0.134. The largest absolute Gasteiger partial charge is 0.497 e. The molecule has 0 saturated carbocycles. The van der Waals surface area contributed by atoms with E-state index in [4.69, 9.17) is 4.74 Å². The lowest BCUT2D eigenvalue weighted by molar-refractivity contribution is 0.0944. The first-order valence-corrected chi connectivity index (χ1v) is 7.63. The zero-order valence-electron chi connectivity index (χ0n) is 13.4. The molecule has 2 aromatic rings. The van der Waals surface area contributed by atoms with Gasteiger partial charge in [0, 0.05) is 18.5 Å². The number of hydrogen-bond donors (Lipinski definition) is 1. The lowest BCUT2D eigenvalue weighted by Crippen LogP contribution is -2.35. The number of rotatable bonds is 7. The van der Waals surface area contributed by atoms with Gasteiger partial charge in [-0.3, -0.25) is 4.79 Å². The van der Waals surface area contributed by atoms with Crippen LogP contribution in [0.1, 0.15) is 24.3 Å². The summed E-state index contributed by atoms with van der Waals surface area (Å²) >= 11 is 0. The van der Waals surface area contributed by atoms with Crippen molar-refractivity contribution in [1.29, 1.82) is 0 Å². The van der Waals surface area contributed by atoms with E-state index in [1.807, 2.05) is 24.3 Å². The molecule has 5 nitrogen and oxygen atoms in total. The average Bonchev–Trinajstić information content (AvgIpc) is 2.57. The fourth-order valence-electron chi connectivity index (χ4n) is 2.32. The molecule has 0 aliphatic rings. The molecule has 0 unspecified atom stereocenters. The Hall–Kier alpha value is -2.14. The molecule has 0 atom stereocenters. The fraction of sp³-hybridized carbons (Fsp3) is 0.412. The van der Waals surface area contributed by atoms with Gasteiger partial charge in [-0.05, 0) is 37.4 Å². The van der Waals surface area contributed by atoms with E-state index in [1.54, 1.807) is 13.2 Å². The Kier molecular flexibility index (Phi) is 5.72. The Morgan fingerprint density at radius 1 is 1.23 bits per heavy atom. The van der Waals surface area contributed by atoms with E-state index >= 15 is 0 Å². The van der Waals surface area contributed by atoms with E-state index in [9.17, 15) is 4.79 Å². The predicted octanol–water partition coefficient (Wildman–Crippen LogP) is 2.32. The maximum atomic E-state index is 12.2. The molecule has 0 spiro atoms. The van der Waals surface area contributed by atoms with Crippen LogP contribution in [0.25, 0.3) is 10.9 Å². The molecule has 0 bridgehead atoms. The number of ether oxygens (including phenoxy) is 1. The number of nitrogens with zero attached hydrogens (tertiary/aromatic N) is 2. The summed E-state index contributed by atoms with van der Waals surface area (Å²) < 4.78 is 5.19. The first-order valence-electron chi connectivity index (χ1n) is 7.63. The van der Waals surface area contributed by atoms with Crippen molar-refractivity contribution >= 4 is 16.8 Å². The molecule has 5 heteroatoms. The maximum absolute atomic E-state index is 12.2. The summed E-state index contributed by atoms with van der Waals surface area (Å²) in [6, 6.07) is 9.25. The third-order valence-electron chi connectivity index (χ3n) is 3.74. The molecule has 2 rings (SSSR count). The Bertz CT molecular complexity index is 639. The molecule has 0 fully saturated rings. The molecular formula is C17H23N3O2. The van der Waals surface area contributed by atoms with Gasteiger partial charge in [-0.25, -0.2) is 4.98 Å². The maximum Gasteiger partial charge on any atom is 0.269 e. The van der Waals surface area contributed by atoms with Crippen LogP contribution in [0, 0.1) is 0 Å². The Morgan fingerprint density at radius 3 is 2.68 bits per heavy atom.